The van der Waals surface area contributed by atoms with Crippen LogP contribution in [-0.4, -0.2) is 0 Å². The molecular formula is C66H111O2PS2Zn3. The molecule has 3 aromatic rings. The van der Waals surface area contributed by atoms with Crippen LogP contribution in [0.15, 0.2) is 72.8 Å². The number of benzene rings is 3. The molecule has 0 fully saturated rings. The van der Waals surface area contributed by atoms with E-state index in [9.17, 15) is 9.79 Å². The SMILES string of the molecule is CCCCCCCCCCCCCCCCc1cccc[c]1[Zn+].CCCCCCCCCCCCCCCCc1cccc[c]1[Zn+].CCCCCCCCCCCCCCCCc1cccc[c]1[Zn+].[O-]P([O-])(=S)[S-]. The first kappa shape index (κ1) is 74.5. The van der Waals surface area contributed by atoms with Crippen LogP contribution in [0.1, 0.15) is 307 Å². The predicted molar refractivity (Wildman–Crippen MR) is 322 cm³/mol. The minimum atomic E-state index is -3.72. The Labute approximate surface area is 501 Å². The average molecular weight is 1230 g/mol. The van der Waals surface area contributed by atoms with Gasteiger partial charge < -0.3 is 27.7 Å². The van der Waals surface area contributed by atoms with Crippen LogP contribution in [0.3, 0.4) is 0 Å². The molecule has 0 amide bonds. The van der Waals surface area contributed by atoms with E-state index < -0.39 is 5.69 Å². The first-order chi connectivity index (χ1) is 36.0. The van der Waals surface area contributed by atoms with Crippen molar-refractivity contribution in [3.8, 4) is 0 Å². The molecule has 8 heteroatoms. The maximum atomic E-state index is 9.29. The Kier molecular flexibility index (Phi) is 58.5. The number of hydrogen-bond donors (Lipinski definition) is 0. The van der Waals surface area contributed by atoms with Gasteiger partial charge in [0.2, 0.25) is 0 Å². The molecule has 0 N–H and O–H groups in total. The number of unbranched alkanes of at least 4 members (excludes halogenated alkanes) is 39. The normalized spacial score (nSPS) is 11.1. The molecule has 0 saturated carbocycles. The van der Waals surface area contributed by atoms with Crippen molar-refractivity contribution in [3.05, 3.63) is 89.5 Å². The molecule has 0 aromatic heterocycles. The second kappa shape index (κ2) is 58.1. The van der Waals surface area contributed by atoms with Gasteiger partial charge in [0.05, 0.1) is 0 Å². The maximum Gasteiger partial charge on any atom is -0.160 e. The maximum absolute atomic E-state index is 9.29. The van der Waals surface area contributed by atoms with Crippen LogP contribution >= 0.6 is 5.69 Å². The van der Waals surface area contributed by atoms with Crippen molar-refractivity contribution in [1.29, 1.82) is 0 Å². The summed E-state index contributed by atoms with van der Waals surface area (Å²) in [7, 11) is 0. The van der Waals surface area contributed by atoms with Crippen LogP contribution in [-0.2, 0) is 98.2 Å². The van der Waals surface area contributed by atoms with E-state index in [1.54, 1.807) is 29.2 Å². The van der Waals surface area contributed by atoms with Crippen LogP contribution in [0.4, 0.5) is 0 Å². The van der Waals surface area contributed by atoms with Gasteiger partial charge in [-0.2, -0.15) is 11.8 Å². The molecule has 3 rings (SSSR count). The van der Waals surface area contributed by atoms with Gasteiger partial charge in [-0.25, -0.2) is 0 Å². The second-order valence-electron chi connectivity index (χ2n) is 21.8. The number of hydrogen-bond acceptors (Lipinski definition) is 4. The van der Waals surface area contributed by atoms with Gasteiger partial charge in [-0.15, -0.1) is 0 Å². The Bertz CT molecular complexity index is 1470. The van der Waals surface area contributed by atoms with E-state index in [-0.39, 0.29) is 0 Å². The summed E-state index contributed by atoms with van der Waals surface area (Å²) in [6, 6.07) is 26.9. The molecule has 3 aromatic carbocycles. The third-order valence-corrected chi connectivity index (χ3v) is 19.1. The molecule has 0 aliphatic heterocycles. The largest absolute Gasteiger partial charge is 0.850 e. The van der Waals surface area contributed by atoms with Gasteiger partial charge in [-0.1, -0.05) is 117 Å². The zero-order valence-corrected chi connectivity index (χ0v) is 60.4. The summed E-state index contributed by atoms with van der Waals surface area (Å²) in [5.41, 5.74) is 1.09. The molecule has 0 atom stereocenters. The third-order valence-electron chi connectivity index (χ3n) is 14.8. The zero-order valence-electron chi connectivity index (χ0n) is 48.9. The van der Waals surface area contributed by atoms with Crippen LogP contribution in [0, 0.1) is 0 Å². The topological polar surface area (TPSA) is 46.1 Å². The van der Waals surface area contributed by atoms with E-state index in [0.717, 1.165) is 0 Å². The molecule has 0 spiro atoms. The van der Waals surface area contributed by atoms with E-state index in [1.807, 2.05) is 0 Å². The molecule has 0 heterocycles. The summed E-state index contributed by atoms with van der Waals surface area (Å²) in [5.74, 6) is 0. The second-order valence-corrected chi connectivity index (χ2v) is 31.1. The Balaban J connectivity index is 0.00000103. The predicted octanol–water partition coefficient (Wildman–Crippen LogP) is 19.1. The monoisotopic (exact) mass is 1220 g/mol. The molecule has 0 unspecified atom stereocenters. The minimum absolute atomic E-state index is 1.30. The van der Waals surface area contributed by atoms with Gasteiger partial charge in [0.15, 0.2) is 0 Å². The van der Waals surface area contributed by atoms with Crippen LogP contribution in [0.25, 0.3) is 0 Å². The molecule has 0 radical (unpaired) electrons. The van der Waals surface area contributed by atoms with Gasteiger partial charge in [0.1, 0.15) is 0 Å². The quantitative estimate of drug-likeness (QED) is 0.0245. The summed E-state index contributed by atoms with van der Waals surface area (Å²) in [6.45, 7) is 6.89. The van der Waals surface area contributed by atoms with Crippen molar-refractivity contribution in [2.75, 3.05) is 0 Å². The van der Waals surface area contributed by atoms with Gasteiger partial charge in [-0.05, 0) is 0 Å². The number of aryl methyl sites for hydroxylation is 3. The molecule has 0 aliphatic carbocycles. The van der Waals surface area contributed by atoms with Gasteiger partial charge >= 0.3 is 349 Å². The Morgan fingerprint density at radius 3 is 0.581 bits per heavy atom. The first-order valence-corrected chi connectivity index (χ1v) is 39.6. The summed E-state index contributed by atoms with van der Waals surface area (Å²) in [6.07, 6.45) is 64.7. The summed E-state index contributed by atoms with van der Waals surface area (Å²) in [4.78, 5) is 18.6. The van der Waals surface area contributed by atoms with Crippen LogP contribution in [0.5, 0.6) is 0 Å². The van der Waals surface area contributed by atoms with Gasteiger partial charge in [0, 0.05) is 0 Å². The Morgan fingerprint density at radius 2 is 0.432 bits per heavy atom. The van der Waals surface area contributed by atoms with Crippen molar-refractivity contribution in [2.24, 2.45) is 0 Å². The molecule has 2 nitrogen and oxygen atoms in total. The summed E-state index contributed by atoms with van der Waals surface area (Å²) < 4.78 is 4.76. The molecule has 74 heavy (non-hydrogen) atoms. The van der Waals surface area contributed by atoms with Crippen molar-refractivity contribution < 1.29 is 64.7 Å². The fraction of sp³-hybridized carbons (Fsp3) is 0.727. The van der Waals surface area contributed by atoms with Crippen molar-refractivity contribution >= 4 is 42.2 Å². The van der Waals surface area contributed by atoms with Gasteiger partial charge in [-0.3, -0.25) is 0 Å². The smallest absolute Gasteiger partial charge is 0.160 e. The average Bonchev–Trinajstić information content (AvgIpc) is 3.38. The third kappa shape index (κ3) is 55.8. The minimum Gasteiger partial charge on any atom is -0.850 e. The fourth-order valence-corrected chi connectivity index (χ4v) is 12.6. The van der Waals surface area contributed by atoms with E-state index in [4.69, 9.17) is 0 Å². The van der Waals surface area contributed by atoms with Crippen molar-refractivity contribution in [1.82, 2.24) is 0 Å². The first-order valence-electron chi connectivity index (χ1n) is 31.5. The number of rotatable bonds is 45. The van der Waals surface area contributed by atoms with Gasteiger partial charge in [0.25, 0.3) is 0 Å². The zero-order chi connectivity index (χ0) is 54.3. The Hall–Kier alpha value is 0.450. The van der Waals surface area contributed by atoms with Crippen LogP contribution in [0.2, 0.25) is 0 Å². The Morgan fingerprint density at radius 1 is 0.297 bits per heavy atom. The van der Waals surface area contributed by atoms with E-state index in [2.05, 4.69) is 118 Å². The molecule has 0 bridgehead atoms. The van der Waals surface area contributed by atoms with E-state index in [1.165, 1.54) is 344 Å². The standard InChI is InChI=1S/3C22H37.H3O2PS2.3Zn/c3*1-2-3-4-5-6-7-8-9-10-11-12-13-14-16-19-22-20-17-15-18-21-22;1-3(2,4)5;;;/h3*15,17-18,20H,2-14,16,19H2,1H3;(H3,1,2,4,5);;;/q;;;;3*+1/p-3. The molecule has 0 aliphatic rings. The molecule has 0 saturated heterocycles. The fourth-order valence-electron chi connectivity index (χ4n) is 9.93. The van der Waals surface area contributed by atoms with E-state index >= 15 is 0 Å². The van der Waals surface area contributed by atoms with Crippen LogP contribution < -0.4 is 22.3 Å². The molecular weight excluding hydrogens is 1120 g/mol. The van der Waals surface area contributed by atoms with E-state index in [0.29, 0.717) is 0 Å². The summed E-state index contributed by atoms with van der Waals surface area (Å²) in [5, 5.41) is 0. The van der Waals surface area contributed by atoms with Crippen molar-refractivity contribution in [2.45, 2.75) is 310 Å². The van der Waals surface area contributed by atoms with Crippen molar-refractivity contribution in [3.63, 3.8) is 0 Å². The summed E-state index contributed by atoms with van der Waals surface area (Å²) >= 11 is 11.2. The molecule has 410 valence electrons.